The van der Waals surface area contributed by atoms with E-state index in [9.17, 15) is 4.79 Å². The predicted molar refractivity (Wildman–Crippen MR) is 76.7 cm³/mol. The first-order valence-corrected chi connectivity index (χ1v) is 7.14. The fourth-order valence-corrected chi connectivity index (χ4v) is 1.70. The highest BCUT2D eigenvalue weighted by Gasteiger charge is 2.01. The van der Waals surface area contributed by atoms with Gasteiger partial charge in [0.05, 0.1) is 6.61 Å². The lowest BCUT2D eigenvalue weighted by Gasteiger charge is -2.04. The van der Waals surface area contributed by atoms with Gasteiger partial charge in [-0.1, -0.05) is 17.9 Å². The second kappa shape index (κ2) is 8.62. The van der Waals surface area contributed by atoms with Gasteiger partial charge in [0.1, 0.15) is 0 Å². The van der Waals surface area contributed by atoms with Gasteiger partial charge in [-0.3, -0.25) is 4.79 Å². The molecule has 0 saturated heterocycles. The van der Waals surface area contributed by atoms with Crippen LogP contribution in [0.3, 0.4) is 0 Å². The summed E-state index contributed by atoms with van der Waals surface area (Å²) >= 11 is 1.65. The van der Waals surface area contributed by atoms with Crippen LogP contribution in [0.1, 0.15) is 18.4 Å². The molecule has 96 valence electrons. The van der Waals surface area contributed by atoms with Crippen LogP contribution in [0.4, 0.5) is 5.69 Å². The molecule has 0 spiro atoms. The third-order valence-corrected chi connectivity index (χ3v) is 2.76. The Labute approximate surface area is 112 Å². The molecule has 3 nitrogen and oxygen atoms in total. The number of amides is 1. The summed E-state index contributed by atoms with van der Waals surface area (Å²) in [6.07, 6.45) is 2.95. The lowest BCUT2D eigenvalue weighted by molar-refractivity contribution is -0.115. The van der Waals surface area contributed by atoms with Crippen molar-refractivity contribution in [2.45, 2.75) is 12.8 Å². The molecule has 1 aromatic carbocycles. The second-order valence-corrected chi connectivity index (χ2v) is 4.63. The quantitative estimate of drug-likeness (QED) is 0.800. The van der Waals surface area contributed by atoms with Gasteiger partial charge < -0.3 is 10.4 Å². The summed E-state index contributed by atoms with van der Waals surface area (Å²) in [5, 5.41) is 11.5. The number of thioether (sulfide) groups is 1. The molecule has 2 N–H and O–H groups in total. The Bertz CT molecular complexity index is 449. The highest BCUT2D eigenvalue weighted by molar-refractivity contribution is 7.98. The molecule has 18 heavy (non-hydrogen) atoms. The van der Waals surface area contributed by atoms with E-state index in [0.717, 1.165) is 17.0 Å². The van der Waals surface area contributed by atoms with E-state index in [1.165, 1.54) is 0 Å². The number of nitrogens with one attached hydrogen (secondary N) is 1. The average molecular weight is 263 g/mol. The number of hydrogen-bond donors (Lipinski definition) is 2. The summed E-state index contributed by atoms with van der Waals surface area (Å²) in [7, 11) is 0. The number of aliphatic hydroxyl groups is 1. The van der Waals surface area contributed by atoms with Gasteiger partial charge in [-0.25, -0.2) is 0 Å². The summed E-state index contributed by atoms with van der Waals surface area (Å²) in [6.45, 7) is 0.0676. The van der Waals surface area contributed by atoms with Gasteiger partial charge in [0.2, 0.25) is 5.91 Å². The Kier molecular flexibility index (Phi) is 7.00. The molecule has 0 radical (unpaired) electrons. The maximum Gasteiger partial charge on any atom is 0.225 e. The molecule has 0 aliphatic carbocycles. The topological polar surface area (TPSA) is 49.3 Å². The number of carbonyl (C=O) groups is 1. The molecule has 0 bridgehead atoms. The van der Waals surface area contributed by atoms with E-state index in [2.05, 4.69) is 17.2 Å². The van der Waals surface area contributed by atoms with Crippen LogP contribution < -0.4 is 5.32 Å². The number of anilines is 1. The van der Waals surface area contributed by atoms with E-state index < -0.39 is 0 Å². The first-order chi connectivity index (χ1) is 8.76. The Balaban J connectivity index is 2.60. The molecule has 0 atom stereocenters. The molecule has 1 aromatic rings. The molecule has 0 aliphatic rings. The summed E-state index contributed by atoms with van der Waals surface area (Å²) < 4.78 is 0. The van der Waals surface area contributed by atoms with Crippen LogP contribution in [0.25, 0.3) is 0 Å². The van der Waals surface area contributed by atoms with Crippen LogP contribution in [-0.2, 0) is 4.79 Å². The maximum atomic E-state index is 11.5. The average Bonchev–Trinajstić information content (AvgIpc) is 2.37. The van der Waals surface area contributed by atoms with Gasteiger partial charge in [-0.05, 0) is 24.5 Å². The molecule has 4 heteroatoms. The fourth-order valence-electron chi connectivity index (χ4n) is 1.31. The van der Waals surface area contributed by atoms with Crippen LogP contribution in [0.15, 0.2) is 24.3 Å². The van der Waals surface area contributed by atoms with E-state index in [1.54, 1.807) is 11.8 Å². The van der Waals surface area contributed by atoms with E-state index in [0.29, 0.717) is 12.8 Å². The summed E-state index contributed by atoms with van der Waals surface area (Å²) in [4.78, 5) is 11.5. The standard InChI is InChI=1S/C14H17NO2S/c1-18-10-8-14(17)15-13-7-4-6-12(11-13)5-2-3-9-16/h4,6-7,11,16H,3,8-10H2,1H3,(H,15,17). The molecular weight excluding hydrogens is 246 g/mol. The van der Waals surface area contributed by atoms with E-state index in [1.807, 2.05) is 30.5 Å². The smallest absolute Gasteiger partial charge is 0.225 e. The fraction of sp³-hybridized carbons (Fsp3) is 0.357. The first kappa shape index (κ1) is 14.6. The van der Waals surface area contributed by atoms with Crippen molar-refractivity contribution in [3.05, 3.63) is 29.8 Å². The number of hydrogen-bond acceptors (Lipinski definition) is 3. The minimum atomic E-state index is 0.0183. The number of carbonyl (C=O) groups excluding carboxylic acids is 1. The highest BCUT2D eigenvalue weighted by atomic mass is 32.2. The van der Waals surface area contributed by atoms with Crippen molar-refractivity contribution in [2.75, 3.05) is 23.9 Å². The molecule has 0 aliphatic heterocycles. The molecule has 0 saturated carbocycles. The van der Waals surface area contributed by atoms with Crippen molar-refractivity contribution in [1.82, 2.24) is 0 Å². The zero-order valence-corrected chi connectivity index (χ0v) is 11.2. The van der Waals surface area contributed by atoms with E-state index >= 15 is 0 Å². The van der Waals surface area contributed by atoms with Gasteiger partial charge in [0.15, 0.2) is 0 Å². The maximum absolute atomic E-state index is 11.5. The van der Waals surface area contributed by atoms with Crippen LogP contribution in [0, 0.1) is 11.8 Å². The second-order valence-electron chi connectivity index (χ2n) is 3.65. The molecule has 0 unspecified atom stereocenters. The normalized spacial score (nSPS) is 9.44. The van der Waals surface area contributed by atoms with Crippen molar-refractivity contribution in [2.24, 2.45) is 0 Å². The van der Waals surface area contributed by atoms with Crippen molar-refractivity contribution >= 4 is 23.4 Å². The number of benzene rings is 1. The Morgan fingerprint density at radius 1 is 1.50 bits per heavy atom. The van der Waals surface area contributed by atoms with Gasteiger partial charge in [-0.2, -0.15) is 11.8 Å². The lowest BCUT2D eigenvalue weighted by atomic mass is 10.2. The molecule has 0 heterocycles. The van der Waals surface area contributed by atoms with Crippen molar-refractivity contribution < 1.29 is 9.90 Å². The van der Waals surface area contributed by atoms with Gasteiger partial charge in [0.25, 0.3) is 0 Å². The monoisotopic (exact) mass is 263 g/mol. The predicted octanol–water partition coefficient (Wildman–Crippen LogP) is 2.11. The van der Waals surface area contributed by atoms with Crippen molar-refractivity contribution in [3.8, 4) is 11.8 Å². The van der Waals surface area contributed by atoms with Gasteiger partial charge >= 0.3 is 0 Å². The highest BCUT2D eigenvalue weighted by Crippen LogP contribution is 2.10. The molecular formula is C14H17NO2S. The van der Waals surface area contributed by atoms with Crippen LogP contribution in [0.2, 0.25) is 0 Å². The zero-order chi connectivity index (χ0) is 13.2. The van der Waals surface area contributed by atoms with Crippen LogP contribution >= 0.6 is 11.8 Å². The van der Waals surface area contributed by atoms with Crippen molar-refractivity contribution in [1.29, 1.82) is 0 Å². The summed E-state index contributed by atoms with van der Waals surface area (Å²) in [6, 6.07) is 7.41. The SMILES string of the molecule is CSCCC(=O)Nc1cccc(C#CCCO)c1. The van der Waals surface area contributed by atoms with Gasteiger partial charge in [-0.15, -0.1) is 0 Å². The van der Waals surface area contributed by atoms with E-state index in [-0.39, 0.29) is 12.5 Å². The molecule has 1 amide bonds. The molecule has 0 fully saturated rings. The summed E-state index contributed by atoms with van der Waals surface area (Å²) in [5.74, 6) is 6.63. The largest absolute Gasteiger partial charge is 0.395 e. The third kappa shape index (κ3) is 5.76. The minimum Gasteiger partial charge on any atom is -0.395 e. The van der Waals surface area contributed by atoms with Crippen LogP contribution in [0.5, 0.6) is 0 Å². The van der Waals surface area contributed by atoms with Crippen LogP contribution in [-0.4, -0.2) is 29.6 Å². The third-order valence-electron chi connectivity index (χ3n) is 2.15. The van der Waals surface area contributed by atoms with Gasteiger partial charge in [0, 0.05) is 29.8 Å². The lowest BCUT2D eigenvalue weighted by Crippen LogP contribution is -2.12. The Morgan fingerprint density at radius 2 is 2.33 bits per heavy atom. The molecule has 1 rings (SSSR count). The first-order valence-electron chi connectivity index (χ1n) is 5.75. The summed E-state index contributed by atoms with van der Waals surface area (Å²) in [5.41, 5.74) is 1.60. The number of rotatable bonds is 5. The zero-order valence-electron chi connectivity index (χ0n) is 10.4. The Morgan fingerprint density at radius 3 is 3.06 bits per heavy atom. The number of aliphatic hydroxyl groups excluding tert-OH is 1. The van der Waals surface area contributed by atoms with E-state index in [4.69, 9.17) is 5.11 Å². The molecule has 0 aromatic heterocycles. The van der Waals surface area contributed by atoms with Crippen molar-refractivity contribution in [3.63, 3.8) is 0 Å². The minimum absolute atomic E-state index is 0.0183. The Hall–Kier alpha value is -1.44.